The van der Waals surface area contributed by atoms with E-state index in [1.165, 1.54) is 0 Å². The van der Waals surface area contributed by atoms with E-state index in [0.29, 0.717) is 17.5 Å². The molecule has 290 valence electrons. The predicted octanol–water partition coefficient (Wildman–Crippen LogP) is 15.3. The maximum Gasteiger partial charge on any atom is 0.164 e. The van der Waals surface area contributed by atoms with Crippen molar-refractivity contribution in [1.29, 1.82) is 0 Å². The first kappa shape index (κ1) is 35.5. The lowest BCUT2D eigenvalue weighted by atomic mass is 9.96. The fourth-order valence-electron chi connectivity index (χ4n) is 8.75. The molecule has 3 heterocycles. The van der Waals surface area contributed by atoms with Gasteiger partial charge in [0.25, 0.3) is 0 Å². The van der Waals surface area contributed by atoms with Crippen LogP contribution in [0.4, 0.5) is 0 Å². The van der Waals surface area contributed by atoms with Crippen LogP contribution in [0.25, 0.3) is 123 Å². The van der Waals surface area contributed by atoms with Gasteiger partial charge in [-0.2, -0.15) is 0 Å². The highest BCUT2D eigenvalue weighted by atomic mass is 16.3. The SMILES string of the molecule is c1ccc(-c2cccc(-c3nc(-c4cccc(-c5ccccc5)c4)nc(-c4ccc(-c5ccccc5)c5oc6c(-c7ccc8c(c7)oc7ccccc78)cccc6c45)n3)c2)cc1. The van der Waals surface area contributed by atoms with Crippen LogP contribution in [-0.4, -0.2) is 15.0 Å². The number of nitrogens with zero attached hydrogens (tertiary/aromatic N) is 3. The van der Waals surface area contributed by atoms with Gasteiger partial charge in [0, 0.05) is 49.4 Å². The first-order chi connectivity index (χ1) is 30.7. The Kier molecular flexibility index (Phi) is 8.42. The molecule has 12 aromatic rings. The molecule has 0 saturated heterocycles. The molecular weight excluding hydrogens is 759 g/mol. The van der Waals surface area contributed by atoms with E-state index in [1.54, 1.807) is 0 Å². The summed E-state index contributed by atoms with van der Waals surface area (Å²) in [6, 6.07) is 73.2. The fourth-order valence-corrected chi connectivity index (χ4v) is 8.75. The molecule has 0 aliphatic heterocycles. The molecule has 5 heteroatoms. The van der Waals surface area contributed by atoms with Gasteiger partial charge in [0.1, 0.15) is 22.3 Å². The van der Waals surface area contributed by atoms with Crippen molar-refractivity contribution in [1.82, 2.24) is 15.0 Å². The van der Waals surface area contributed by atoms with Gasteiger partial charge < -0.3 is 8.83 Å². The molecule has 0 saturated carbocycles. The fraction of sp³-hybridized carbons (Fsp3) is 0. The molecule has 12 rings (SSSR count). The maximum absolute atomic E-state index is 7.11. The minimum Gasteiger partial charge on any atom is -0.456 e. The van der Waals surface area contributed by atoms with Crippen LogP contribution >= 0.6 is 0 Å². The highest BCUT2D eigenvalue weighted by Gasteiger charge is 2.23. The Morgan fingerprint density at radius 2 is 0.758 bits per heavy atom. The molecule has 0 atom stereocenters. The number of para-hydroxylation sites is 2. The van der Waals surface area contributed by atoms with Gasteiger partial charge in [0.05, 0.1) is 0 Å². The van der Waals surface area contributed by atoms with E-state index in [1.807, 2.05) is 36.4 Å². The predicted molar refractivity (Wildman–Crippen MR) is 252 cm³/mol. The third kappa shape index (κ3) is 6.14. The standard InChI is InChI=1S/C57H35N3O2/c1-4-15-36(16-5-1)39-21-12-23-42(33-39)55-58-56(43-24-13-22-40(34-43)37-17-6-2-7-18-37)60-57(59-55)49-32-31-45(38-19-8-3-9-20-38)54-52(49)48-27-14-26-44(53(48)62-54)41-29-30-47-46-25-10-11-28-50(46)61-51(47)35-41/h1-35H. The van der Waals surface area contributed by atoms with Crippen molar-refractivity contribution in [3.63, 3.8) is 0 Å². The smallest absolute Gasteiger partial charge is 0.164 e. The van der Waals surface area contributed by atoms with Gasteiger partial charge in [-0.05, 0) is 75.8 Å². The van der Waals surface area contributed by atoms with Crippen molar-refractivity contribution in [2.45, 2.75) is 0 Å². The second kappa shape index (κ2) is 14.7. The highest BCUT2D eigenvalue weighted by molar-refractivity contribution is 6.18. The molecule has 0 unspecified atom stereocenters. The summed E-state index contributed by atoms with van der Waals surface area (Å²) < 4.78 is 13.5. The average molecular weight is 794 g/mol. The van der Waals surface area contributed by atoms with Crippen molar-refractivity contribution in [3.05, 3.63) is 212 Å². The van der Waals surface area contributed by atoms with Gasteiger partial charge in [0.15, 0.2) is 17.5 Å². The zero-order valence-corrected chi connectivity index (χ0v) is 33.4. The van der Waals surface area contributed by atoms with Crippen LogP contribution < -0.4 is 0 Å². The van der Waals surface area contributed by atoms with Gasteiger partial charge >= 0.3 is 0 Å². The molecule has 0 aliphatic rings. The number of hydrogen-bond acceptors (Lipinski definition) is 5. The largest absolute Gasteiger partial charge is 0.456 e. The summed E-state index contributed by atoms with van der Waals surface area (Å²) in [5.41, 5.74) is 14.3. The summed E-state index contributed by atoms with van der Waals surface area (Å²) in [6.07, 6.45) is 0. The second-order valence-electron chi connectivity index (χ2n) is 15.5. The Morgan fingerprint density at radius 1 is 0.258 bits per heavy atom. The second-order valence-corrected chi connectivity index (χ2v) is 15.5. The molecule has 62 heavy (non-hydrogen) atoms. The normalized spacial score (nSPS) is 11.5. The van der Waals surface area contributed by atoms with Crippen molar-refractivity contribution < 1.29 is 8.83 Å². The minimum absolute atomic E-state index is 0.557. The van der Waals surface area contributed by atoms with E-state index in [-0.39, 0.29) is 0 Å². The van der Waals surface area contributed by atoms with Crippen molar-refractivity contribution in [2.75, 3.05) is 0 Å². The van der Waals surface area contributed by atoms with Crippen molar-refractivity contribution in [3.8, 4) is 78.7 Å². The maximum atomic E-state index is 7.11. The Bertz CT molecular complexity index is 3530. The van der Waals surface area contributed by atoms with E-state index in [2.05, 4.69) is 176 Å². The summed E-state index contributed by atoms with van der Waals surface area (Å²) >= 11 is 0. The zero-order valence-electron chi connectivity index (χ0n) is 33.4. The van der Waals surface area contributed by atoms with Crippen LogP contribution in [0.2, 0.25) is 0 Å². The average Bonchev–Trinajstić information content (AvgIpc) is 3.93. The molecule has 0 spiro atoms. The highest BCUT2D eigenvalue weighted by Crippen LogP contribution is 2.45. The summed E-state index contributed by atoms with van der Waals surface area (Å²) in [4.78, 5) is 15.8. The third-order valence-electron chi connectivity index (χ3n) is 11.8. The Morgan fingerprint density at radius 3 is 1.44 bits per heavy atom. The van der Waals surface area contributed by atoms with Crippen LogP contribution in [0, 0.1) is 0 Å². The molecule has 0 fully saturated rings. The Hall–Kier alpha value is -8.41. The topological polar surface area (TPSA) is 65.0 Å². The quantitative estimate of drug-likeness (QED) is 0.161. The van der Waals surface area contributed by atoms with Crippen LogP contribution in [0.5, 0.6) is 0 Å². The molecular formula is C57H35N3O2. The van der Waals surface area contributed by atoms with E-state index >= 15 is 0 Å². The molecule has 0 radical (unpaired) electrons. The monoisotopic (exact) mass is 793 g/mol. The van der Waals surface area contributed by atoms with Crippen LogP contribution in [-0.2, 0) is 0 Å². The van der Waals surface area contributed by atoms with Crippen LogP contribution in [0.15, 0.2) is 221 Å². The first-order valence-corrected chi connectivity index (χ1v) is 20.8. The molecule has 0 bridgehead atoms. The number of rotatable bonds is 7. The summed E-state index contributed by atoms with van der Waals surface area (Å²) in [5, 5.41) is 4.09. The molecule has 0 amide bonds. The number of aromatic nitrogens is 3. The third-order valence-corrected chi connectivity index (χ3v) is 11.8. The lowest BCUT2D eigenvalue weighted by Crippen LogP contribution is -2.01. The van der Waals surface area contributed by atoms with Crippen LogP contribution in [0.1, 0.15) is 0 Å². The number of fused-ring (bicyclic) bond motifs is 6. The minimum atomic E-state index is 0.557. The van der Waals surface area contributed by atoms with Crippen molar-refractivity contribution >= 4 is 43.9 Å². The molecule has 3 aromatic heterocycles. The van der Waals surface area contributed by atoms with Gasteiger partial charge in [-0.1, -0.05) is 170 Å². The number of benzene rings is 9. The van der Waals surface area contributed by atoms with E-state index in [9.17, 15) is 0 Å². The van der Waals surface area contributed by atoms with Gasteiger partial charge in [0.2, 0.25) is 0 Å². The lowest BCUT2D eigenvalue weighted by Gasteiger charge is -2.12. The Balaban J connectivity index is 1.10. The van der Waals surface area contributed by atoms with Gasteiger partial charge in [-0.25, -0.2) is 15.0 Å². The Labute approximate surface area is 357 Å². The molecule has 0 aliphatic carbocycles. The van der Waals surface area contributed by atoms with Crippen molar-refractivity contribution in [2.24, 2.45) is 0 Å². The van der Waals surface area contributed by atoms with E-state index in [0.717, 1.165) is 105 Å². The summed E-state index contributed by atoms with van der Waals surface area (Å²) in [7, 11) is 0. The molecule has 9 aromatic carbocycles. The van der Waals surface area contributed by atoms with E-state index < -0.39 is 0 Å². The molecule has 0 N–H and O–H groups in total. The van der Waals surface area contributed by atoms with Crippen LogP contribution in [0.3, 0.4) is 0 Å². The summed E-state index contributed by atoms with van der Waals surface area (Å²) in [5.74, 6) is 1.73. The number of hydrogen-bond donors (Lipinski definition) is 0. The number of furan rings is 2. The zero-order chi connectivity index (χ0) is 41.0. The lowest BCUT2D eigenvalue weighted by molar-refractivity contribution is 0.668. The van der Waals surface area contributed by atoms with Gasteiger partial charge in [-0.3, -0.25) is 0 Å². The first-order valence-electron chi connectivity index (χ1n) is 20.8. The summed E-state index contributed by atoms with van der Waals surface area (Å²) in [6.45, 7) is 0. The molecule has 5 nitrogen and oxygen atoms in total. The van der Waals surface area contributed by atoms with Gasteiger partial charge in [-0.15, -0.1) is 0 Å². The van der Waals surface area contributed by atoms with E-state index in [4.69, 9.17) is 23.8 Å².